The third-order valence-corrected chi connectivity index (χ3v) is 2.71. The predicted molar refractivity (Wildman–Crippen MR) is 67.5 cm³/mol. The fourth-order valence-electron chi connectivity index (χ4n) is 0.638. The van der Waals surface area contributed by atoms with Crippen molar-refractivity contribution >= 4 is 74.1 Å². The number of carbonyl (C=O) groups excluding carboxylic acids is 1. The van der Waals surface area contributed by atoms with Gasteiger partial charge in [-0.25, -0.2) is 4.79 Å². The summed E-state index contributed by atoms with van der Waals surface area (Å²) in [4.78, 5) is 21.8. The molecule has 0 saturated heterocycles. The van der Waals surface area contributed by atoms with Crippen LogP contribution in [0, 0.1) is 5.92 Å². The molecule has 0 unspecified atom stereocenters. The second kappa shape index (κ2) is 10.1. The van der Waals surface area contributed by atoms with E-state index in [0.717, 1.165) is 0 Å². The zero-order valence-corrected chi connectivity index (χ0v) is 9.81. The van der Waals surface area contributed by atoms with E-state index in [-0.39, 0.29) is 49.4 Å². The summed E-state index contributed by atoms with van der Waals surface area (Å²) in [5.74, 6) is -1.38. The van der Waals surface area contributed by atoms with Gasteiger partial charge in [0, 0.05) is 11.5 Å². The molecule has 0 heterocycles. The van der Waals surface area contributed by atoms with Crippen molar-refractivity contribution in [3.63, 3.8) is 0 Å². The summed E-state index contributed by atoms with van der Waals surface area (Å²) in [5, 5.41) is 8.70. The van der Waals surface area contributed by atoms with Gasteiger partial charge in [-0.1, -0.05) is 6.92 Å². The summed E-state index contributed by atoms with van der Waals surface area (Å²) in [7, 11) is 0. The molecule has 0 aromatic carbocycles. The van der Waals surface area contributed by atoms with Crippen LogP contribution in [0.25, 0.3) is 0 Å². The van der Waals surface area contributed by atoms with Gasteiger partial charge in [-0.05, 0) is 6.26 Å². The van der Waals surface area contributed by atoms with E-state index in [2.05, 4.69) is 12.6 Å². The summed E-state index contributed by atoms with van der Waals surface area (Å²) in [6, 6.07) is 0. The first-order valence-corrected chi connectivity index (χ1v) is 6.08. The number of hydrogen-bond acceptors (Lipinski definition) is 5. The second-order valence-corrected chi connectivity index (χ2v) is 4.08. The Morgan fingerprint density at radius 3 is 2.40 bits per heavy atom. The number of carboxylic acid groups (broad SMARTS) is 1. The van der Waals surface area contributed by atoms with Crippen molar-refractivity contribution in [2.75, 3.05) is 17.8 Å². The third-order valence-electron chi connectivity index (χ3n) is 1.53. The van der Waals surface area contributed by atoms with Crippen LogP contribution < -0.4 is 0 Å². The summed E-state index contributed by atoms with van der Waals surface area (Å²) in [6.45, 7) is 1.65. The third kappa shape index (κ3) is 7.74. The van der Waals surface area contributed by atoms with Crippen LogP contribution in [0.2, 0.25) is 0 Å². The first-order valence-electron chi connectivity index (χ1n) is 4.06. The van der Waals surface area contributed by atoms with Gasteiger partial charge in [-0.15, -0.1) is 0 Å². The van der Waals surface area contributed by atoms with Crippen LogP contribution in [-0.2, 0) is 14.3 Å². The molecular weight excluding hydrogens is 264 g/mol. The van der Waals surface area contributed by atoms with Gasteiger partial charge in [-0.2, -0.15) is 24.4 Å². The molecule has 0 aromatic rings. The maximum absolute atomic E-state index is 11.2. The Hall–Kier alpha value is 0.900. The molecule has 0 fully saturated rings. The molecule has 0 bridgehead atoms. The van der Waals surface area contributed by atoms with Crippen molar-refractivity contribution in [2.45, 2.75) is 13.0 Å². The fraction of sp³-hybridized carbons (Fsp3) is 0.750. The molecule has 0 aliphatic rings. The van der Waals surface area contributed by atoms with Crippen LogP contribution in [0.5, 0.6) is 0 Å². The zero-order valence-electron chi connectivity index (χ0n) is 8.10. The van der Waals surface area contributed by atoms with Gasteiger partial charge in [0.25, 0.3) is 0 Å². The molecule has 0 radical (unpaired) electrons. The Balaban J connectivity index is 0. The Kier molecular flexibility index (Phi) is 12.3. The quantitative estimate of drug-likeness (QED) is 0.407. The number of esters is 1. The molecule has 0 aromatic heterocycles. The van der Waals surface area contributed by atoms with E-state index in [9.17, 15) is 9.59 Å². The molecule has 0 saturated carbocycles. The van der Waals surface area contributed by atoms with Crippen LogP contribution in [-0.4, -0.2) is 78.6 Å². The summed E-state index contributed by atoms with van der Waals surface area (Å²) in [5.41, 5.74) is 0. The van der Waals surface area contributed by atoms with Gasteiger partial charge in [0.15, 0.2) is 0 Å². The van der Waals surface area contributed by atoms with E-state index in [1.54, 1.807) is 13.2 Å². The molecule has 0 aliphatic heterocycles. The van der Waals surface area contributed by atoms with Crippen LogP contribution in [0.4, 0.5) is 0 Å². The number of rotatable bonds is 6. The number of thiol groups is 1. The molecule has 0 rings (SSSR count). The second-order valence-electron chi connectivity index (χ2n) is 2.80. The van der Waals surface area contributed by atoms with Gasteiger partial charge >= 0.3 is 49.7 Å². The summed E-state index contributed by atoms with van der Waals surface area (Å²) < 4.78 is 4.80. The maximum atomic E-state index is 11.2. The average Bonchev–Trinajstić information content (AvgIpc) is 2.15. The Bertz CT molecular complexity index is 213. The van der Waals surface area contributed by atoms with Gasteiger partial charge in [0.2, 0.25) is 6.10 Å². The molecule has 86 valence electrons. The normalized spacial score (nSPS) is 13.5. The van der Waals surface area contributed by atoms with E-state index < -0.39 is 18.0 Å². The van der Waals surface area contributed by atoms with Crippen molar-refractivity contribution in [1.82, 2.24) is 0 Å². The monoisotopic (exact) mass is 280 g/mol. The molecule has 1 N–H and O–H groups in total. The molecule has 4 nitrogen and oxygen atoms in total. The molecule has 0 aliphatic carbocycles. The molecule has 0 amide bonds. The molecule has 0 spiro atoms. The fourth-order valence-corrected chi connectivity index (χ4v) is 1.30. The molecule has 15 heavy (non-hydrogen) atoms. The number of carboxylic acids is 1. The Morgan fingerprint density at radius 2 is 2.07 bits per heavy atom. The summed E-state index contributed by atoms with van der Waals surface area (Å²) in [6.07, 6.45) is 0.700. The van der Waals surface area contributed by atoms with Crippen molar-refractivity contribution in [2.24, 2.45) is 5.92 Å². The minimum absolute atomic E-state index is 0. The minimum atomic E-state index is -1.11. The number of ether oxygens (including phenoxy) is 1. The van der Waals surface area contributed by atoms with E-state index in [4.69, 9.17) is 9.84 Å². The Labute approximate surface area is 129 Å². The SMILES string of the molecule is CSC[C@H](OC(=O)[C@H](C)CS)C(=O)O.[CaH2]. The van der Waals surface area contributed by atoms with E-state index in [1.807, 2.05) is 0 Å². The number of carbonyl (C=O) groups is 2. The average molecular weight is 280 g/mol. The summed E-state index contributed by atoms with van der Waals surface area (Å²) >= 11 is 5.25. The topological polar surface area (TPSA) is 63.6 Å². The van der Waals surface area contributed by atoms with Gasteiger partial charge in [0.1, 0.15) is 0 Å². The van der Waals surface area contributed by atoms with Gasteiger partial charge in [0.05, 0.1) is 5.92 Å². The molecule has 2 atom stereocenters. The Morgan fingerprint density at radius 1 is 1.53 bits per heavy atom. The van der Waals surface area contributed by atoms with E-state index >= 15 is 0 Å². The molecular formula is C8H16CaO4S2. The standard InChI is InChI=1S/C8H14O4S2.Ca.2H/c1-5(3-13)8(11)12-6(4-14-2)7(9)10;;;/h5-6,13H,3-4H2,1-2H3,(H,9,10);;;/t5-,6+;;;/m1.../s1. The van der Waals surface area contributed by atoms with Crippen LogP contribution in [0.1, 0.15) is 6.92 Å². The van der Waals surface area contributed by atoms with Crippen LogP contribution in [0.3, 0.4) is 0 Å². The first kappa shape index (κ1) is 18.3. The van der Waals surface area contributed by atoms with E-state index in [1.165, 1.54) is 11.8 Å². The molecule has 7 heteroatoms. The van der Waals surface area contributed by atoms with Crippen LogP contribution in [0.15, 0.2) is 0 Å². The van der Waals surface area contributed by atoms with Crippen molar-refractivity contribution in [3.05, 3.63) is 0 Å². The number of hydrogen-bond donors (Lipinski definition) is 2. The van der Waals surface area contributed by atoms with E-state index in [0.29, 0.717) is 5.75 Å². The zero-order chi connectivity index (χ0) is 11.1. The van der Waals surface area contributed by atoms with Gasteiger partial charge < -0.3 is 9.84 Å². The predicted octanol–water partition coefficient (Wildman–Crippen LogP) is -0.00450. The van der Waals surface area contributed by atoms with Gasteiger partial charge in [-0.3, -0.25) is 4.79 Å². The van der Waals surface area contributed by atoms with Crippen molar-refractivity contribution in [1.29, 1.82) is 0 Å². The number of aliphatic carboxylic acids is 1. The van der Waals surface area contributed by atoms with Crippen molar-refractivity contribution < 1.29 is 19.4 Å². The van der Waals surface area contributed by atoms with Crippen LogP contribution >= 0.6 is 24.4 Å². The van der Waals surface area contributed by atoms with Crippen molar-refractivity contribution in [3.8, 4) is 0 Å². The first-order chi connectivity index (χ1) is 6.52. The number of thioether (sulfide) groups is 1.